The molecule has 0 saturated carbocycles. The van der Waals surface area contributed by atoms with Crippen molar-refractivity contribution in [2.24, 2.45) is 5.92 Å². The fraction of sp³-hybridized carbons (Fsp3) is 0.455. The van der Waals surface area contributed by atoms with Crippen molar-refractivity contribution >= 4 is 0 Å². The zero-order valence-corrected chi connectivity index (χ0v) is 15.2. The summed E-state index contributed by atoms with van der Waals surface area (Å²) in [6, 6.07) is 15.2. The van der Waals surface area contributed by atoms with Crippen LogP contribution in [0, 0.1) is 26.7 Å². The van der Waals surface area contributed by atoms with Gasteiger partial charge in [-0.25, -0.2) is 0 Å². The van der Waals surface area contributed by atoms with E-state index in [9.17, 15) is 0 Å². The van der Waals surface area contributed by atoms with Crippen LogP contribution < -0.4 is 4.74 Å². The fourth-order valence-corrected chi connectivity index (χ4v) is 3.08. The molecule has 0 aromatic heterocycles. The normalized spacial score (nSPS) is 13.6. The van der Waals surface area contributed by atoms with E-state index in [4.69, 9.17) is 4.74 Å². The predicted molar refractivity (Wildman–Crippen MR) is 99.3 cm³/mol. The first-order valence-corrected chi connectivity index (χ1v) is 8.83. The first-order chi connectivity index (χ1) is 11.0. The van der Waals surface area contributed by atoms with Gasteiger partial charge in [0.25, 0.3) is 0 Å². The maximum Gasteiger partial charge on any atom is 0.119 e. The minimum Gasteiger partial charge on any atom is -0.490 e. The van der Waals surface area contributed by atoms with Crippen LogP contribution >= 0.6 is 0 Å². The maximum absolute atomic E-state index is 6.30. The summed E-state index contributed by atoms with van der Waals surface area (Å²) in [5, 5.41) is 0. The molecule has 124 valence electrons. The molecule has 0 spiro atoms. The molecule has 2 unspecified atom stereocenters. The Labute approximate surface area is 141 Å². The Morgan fingerprint density at radius 2 is 1.52 bits per heavy atom. The van der Waals surface area contributed by atoms with Crippen LogP contribution in [-0.4, -0.2) is 6.10 Å². The van der Waals surface area contributed by atoms with Crippen molar-refractivity contribution < 1.29 is 4.74 Å². The Kier molecular flexibility index (Phi) is 6.27. The number of benzene rings is 2. The van der Waals surface area contributed by atoms with Crippen LogP contribution in [0.15, 0.2) is 42.5 Å². The Bertz CT molecular complexity index is 612. The van der Waals surface area contributed by atoms with Crippen molar-refractivity contribution in [2.75, 3.05) is 0 Å². The predicted octanol–water partition coefficient (Wildman–Crippen LogP) is 6.04. The third-order valence-electron chi connectivity index (χ3n) is 4.83. The third-order valence-corrected chi connectivity index (χ3v) is 4.83. The fourth-order valence-electron chi connectivity index (χ4n) is 3.08. The molecule has 1 heteroatoms. The van der Waals surface area contributed by atoms with Gasteiger partial charge >= 0.3 is 0 Å². The average molecular weight is 310 g/mol. The molecular weight excluding hydrogens is 280 g/mol. The van der Waals surface area contributed by atoms with E-state index in [1.54, 1.807) is 0 Å². The second-order valence-electron chi connectivity index (χ2n) is 6.67. The lowest BCUT2D eigenvalue weighted by molar-refractivity contribution is 0.126. The summed E-state index contributed by atoms with van der Waals surface area (Å²) < 4.78 is 6.30. The molecule has 23 heavy (non-hydrogen) atoms. The van der Waals surface area contributed by atoms with Gasteiger partial charge in [0.05, 0.1) is 0 Å². The van der Waals surface area contributed by atoms with Crippen molar-refractivity contribution in [3.8, 4) is 5.75 Å². The molecular formula is C22H30O. The average Bonchev–Trinajstić information content (AvgIpc) is 2.55. The van der Waals surface area contributed by atoms with Gasteiger partial charge in [-0.1, -0.05) is 49.7 Å². The number of aryl methyl sites for hydroxylation is 3. The highest BCUT2D eigenvalue weighted by Crippen LogP contribution is 2.24. The topological polar surface area (TPSA) is 9.23 Å². The molecule has 2 aromatic rings. The third kappa shape index (κ3) is 4.86. The van der Waals surface area contributed by atoms with Crippen LogP contribution in [0.2, 0.25) is 0 Å². The summed E-state index contributed by atoms with van der Waals surface area (Å²) in [4.78, 5) is 0. The molecule has 1 nitrogen and oxygen atoms in total. The van der Waals surface area contributed by atoms with Gasteiger partial charge in [0.2, 0.25) is 0 Å². The highest BCUT2D eigenvalue weighted by molar-refractivity contribution is 5.30. The molecule has 2 atom stereocenters. The van der Waals surface area contributed by atoms with E-state index in [-0.39, 0.29) is 6.10 Å². The van der Waals surface area contributed by atoms with Gasteiger partial charge in [-0.05, 0) is 74.8 Å². The number of hydrogen-bond acceptors (Lipinski definition) is 1. The van der Waals surface area contributed by atoms with Crippen molar-refractivity contribution in [2.45, 2.75) is 60.0 Å². The van der Waals surface area contributed by atoms with Crippen molar-refractivity contribution in [1.29, 1.82) is 0 Å². The largest absolute Gasteiger partial charge is 0.490 e. The Morgan fingerprint density at radius 1 is 0.826 bits per heavy atom. The zero-order valence-electron chi connectivity index (χ0n) is 15.2. The molecule has 0 radical (unpaired) electrons. The Morgan fingerprint density at radius 3 is 2.09 bits per heavy atom. The minimum atomic E-state index is 0.268. The highest BCUT2D eigenvalue weighted by Gasteiger charge is 2.21. The summed E-state index contributed by atoms with van der Waals surface area (Å²) in [6.07, 6.45) is 3.53. The van der Waals surface area contributed by atoms with Crippen molar-refractivity contribution in [3.05, 3.63) is 64.7 Å². The van der Waals surface area contributed by atoms with Crippen molar-refractivity contribution in [3.63, 3.8) is 0 Å². The molecule has 0 aliphatic heterocycles. The summed E-state index contributed by atoms with van der Waals surface area (Å²) in [6.45, 7) is 11.0. The molecule has 0 aliphatic carbocycles. The number of hydrogen-bond donors (Lipinski definition) is 0. The van der Waals surface area contributed by atoms with Gasteiger partial charge in [-0.15, -0.1) is 0 Å². The molecule has 0 fully saturated rings. The second kappa shape index (κ2) is 8.19. The lowest BCUT2D eigenvalue weighted by Gasteiger charge is -2.27. The van der Waals surface area contributed by atoms with Crippen LogP contribution in [0.3, 0.4) is 0 Å². The van der Waals surface area contributed by atoms with Crippen LogP contribution in [0.1, 0.15) is 48.9 Å². The molecule has 0 bridgehead atoms. The SMILES string of the molecule is CCC(Cc1ccc(C)c(C)c1)C(CC)Oc1ccc(C)cc1. The van der Waals surface area contributed by atoms with E-state index in [1.165, 1.54) is 22.3 Å². The van der Waals surface area contributed by atoms with E-state index < -0.39 is 0 Å². The standard InChI is InChI=1S/C22H30O/c1-6-20(15-19-11-10-17(4)18(5)14-19)22(7-2)23-21-12-8-16(3)9-13-21/h8-14,20,22H,6-7,15H2,1-5H3. The molecule has 0 aliphatic rings. The van der Waals surface area contributed by atoms with Crippen molar-refractivity contribution in [1.82, 2.24) is 0 Å². The first kappa shape index (κ1) is 17.6. The summed E-state index contributed by atoms with van der Waals surface area (Å²) in [5.41, 5.74) is 5.44. The second-order valence-corrected chi connectivity index (χ2v) is 6.67. The smallest absolute Gasteiger partial charge is 0.119 e. The maximum atomic E-state index is 6.30. The van der Waals surface area contributed by atoms with Crippen LogP contribution in [0.4, 0.5) is 0 Å². The van der Waals surface area contributed by atoms with Gasteiger partial charge in [-0.3, -0.25) is 0 Å². The Hall–Kier alpha value is -1.76. The quantitative estimate of drug-likeness (QED) is 0.606. The zero-order chi connectivity index (χ0) is 16.8. The van der Waals surface area contributed by atoms with Crippen LogP contribution in [-0.2, 0) is 6.42 Å². The minimum absolute atomic E-state index is 0.268. The monoisotopic (exact) mass is 310 g/mol. The van der Waals surface area contributed by atoms with E-state index in [1.807, 2.05) is 0 Å². The van der Waals surface area contributed by atoms with E-state index in [0.717, 1.165) is 25.0 Å². The molecule has 2 rings (SSSR count). The summed E-state index contributed by atoms with van der Waals surface area (Å²) in [5.74, 6) is 1.53. The lowest BCUT2D eigenvalue weighted by Crippen LogP contribution is -2.27. The van der Waals surface area contributed by atoms with Gasteiger partial charge in [0.15, 0.2) is 0 Å². The van der Waals surface area contributed by atoms with E-state index >= 15 is 0 Å². The molecule has 0 N–H and O–H groups in total. The van der Waals surface area contributed by atoms with E-state index in [2.05, 4.69) is 77.1 Å². The highest BCUT2D eigenvalue weighted by atomic mass is 16.5. The number of ether oxygens (including phenoxy) is 1. The lowest BCUT2D eigenvalue weighted by atomic mass is 9.89. The molecule has 0 heterocycles. The van der Waals surface area contributed by atoms with Gasteiger partial charge in [0, 0.05) is 0 Å². The van der Waals surface area contributed by atoms with Gasteiger partial charge in [0.1, 0.15) is 11.9 Å². The summed E-state index contributed by atoms with van der Waals surface area (Å²) >= 11 is 0. The van der Waals surface area contributed by atoms with Crippen LogP contribution in [0.5, 0.6) is 5.75 Å². The molecule has 0 amide bonds. The first-order valence-electron chi connectivity index (χ1n) is 8.83. The van der Waals surface area contributed by atoms with Gasteiger partial charge < -0.3 is 4.74 Å². The molecule has 2 aromatic carbocycles. The van der Waals surface area contributed by atoms with Crippen LogP contribution in [0.25, 0.3) is 0 Å². The van der Waals surface area contributed by atoms with E-state index in [0.29, 0.717) is 5.92 Å². The number of rotatable bonds is 7. The molecule has 0 saturated heterocycles. The summed E-state index contributed by atoms with van der Waals surface area (Å²) in [7, 11) is 0. The Balaban J connectivity index is 2.09. The van der Waals surface area contributed by atoms with Gasteiger partial charge in [-0.2, -0.15) is 0 Å².